The summed E-state index contributed by atoms with van der Waals surface area (Å²) in [5.41, 5.74) is 30.8. The van der Waals surface area contributed by atoms with Crippen LogP contribution in [0.3, 0.4) is 0 Å². The van der Waals surface area contributed by atoms with Gasteiger partial charge in [0.05, 0.1) is 24.1 Å². The summed E-state index contributed by atoms with van der Waals surface area (Å²) in [5.74, 6) is -4.36. The average molecular weight is 874 g/mol. The molecule has 7 atom stereocenters. The highest BCUT2D eigenvalue weighted by Gasteiger charge is 2.32. The molecule has 0 spiro atoms. The van der Waals surface area contributed by atoms with Crippen LogP contribution in [0, 0.1) is 0 Å². The molecule has 3 aromatic carbocycles. The lowest BCUT2D eigenvalue weighted by atomic mass is 9.97. The number of carbonyl (C=O) groups is 7. The first kappa shape index (κ1) is 51.3. The van der Waals surface area contributed by atoms with E-state index in [1.54, 1.807) is 42.5 Å². The van der Waals surface area contributed by atoms with Crippen LogP contribution in [-0.4, -0.2) is 121 Å². The van der Waals surface area contributed by atoms with E-state index >= 15 is 0 Å². The summed E-state index contributed by atoms with van der Waals surface area (Å²) in [6, 6.07) is 19.7. The van der Waals surface area contributed by atoms with Crippen LogP contribution in [0.4, 0.5) is 0 Å². The van der Waals surface area contributed by atoms with Crippen molar-refractivity contribution in [3.8, 4) is 11.1 Å². The molecule has 0 saturated carbocycles. The minimum atomic E-state index is -1.47. The van der Waals surface area contributed by atoms with E-state index < -0.39 is 77.3 Å². The van der Waals surface area contributed by atoms with Crippen LogP contribution in [0.25, 0.3) is 11.1 Å². The quantitative estimate of drug-likeness (QED) is 0.0332. The van der Waals surface area contributed by atoms with Gasteiger partial charge in [-0.3, -0.25) is 28.8 Å². The maximum atomic E-state index is 13.9. The number of aliphatic hydroxyl groups excluding tert-OH is 1. The van der Waals surface area contributed by atoms with E-state index in [1.807, 2.05) is 42.5 Å². The highest BCUT2D eigenvalue weighted by Crippen LogP contribution is 2.19. The number of amides is 6. The first-order chi connectivity index (χ1) is 30.1. The Morgan fingerprint density at radius 2 is 1.19 bits per heavy atom. The van der Waals surface area contributed by atoms with E-state index in [9.17, 15) is 38.7 Å². The lowest BCUT2D eigenvalue weighted by Crippen LogP contribution is -2.60. The van der Waals surface area contributed by atoms with Crippen LogP contribution in [0.15, 0.2) is 84.9 Å². The van der Waals surface area contributed by atoms with Crippen molar-refractivity contribution in [2.45, 2.75) is 87.3 Å². The molecule has 19 nitrogen and oxygen atoms in total. The van der Waals surface area contributed by atoms with Gasteiger partial charge in [0, 0.05) is 19.5 Å². The van der Waals surface area contributed by atoms with Gasteiger partial charge >= 0.3 is 0 Å². The van der Waals surface area contributed by atoms with Crippen molar-refractivity contribution < 1.29 is 38.7 Å². The van der Waals surface area contributed by atoms with E-state index in [0.717, 1.165) is 16.7 Å². The molecule has 0 aliphatic carbocycles. The molecule has 0 radical (unpaired) electrons. The Bertz CT molecular complexity index is 1940. The number of aldehydes is 1. The Kier molecular flexibility index (Phi) is 21.5. The van der Waals surface area contributed by atoms with Crippen molar-refractivity contribution in [1.82, 2.24) is 31.9 Å². The first-order valence-corrected chi connectivity index (χ1v) is 20.9. The second-order valence-electron chi connectivity index (χ2n) is 15.4. The predicted molar refractivity (Wildman–Crippen MR) is 238 cm³/mol. The molecule has 342 valence electrons. The Labute approximate surface area is 367 Å². The highest BCUT2D eigenvalue weighted by molar-refractivity contribution is 5.94. The number of benzene rings is 3. The molecular formula is C44H63N11O8. The molecule has 0 bridgehead atoms. The summed E-state index contributed by atoms with van der Waals surface area (Å²) < 4.78 is 0. The number of nitrogens with two attached hydrogens (primary N) is 5. The lowest BCUT2D eigenvalue weighted by Gasteiger charge is -2.28. The summed E-state index contributed by atoms with van der Waals surface area (Å²) in [6.45, 7) is 1.10. The SMILES string of the molecule is C[C@@H](O)[C@H](NC(=O)[C@H](CCN)NC[C@](N)(C=O)CCN)C(=O)NCC[C@H](NC(=O)Cc1ccc(-c2ccccc2)cc1)C(=O)N[C@@H](CCN)C(=O)N[C@H](Cc1ccccc1)C(N)=O. The van der Waals surface area contributed by atoms with E-state index in [2.05, 4.69) is 31.9 Å². The molecule has 0 saturated heterocycles. The third-order valence-corrected chi connectivity index (χ3v) is 10.2. The van der Waals surface area contributed by atoms with Gasteiger partial charge in [0.15, 0.2) is 0 Å². The zero-order chi connectivity index (χ0) is 46.4. The fraction of sp³-hybridized carbons (Fsp3) is 0.432. The monoisotopic (exact) mass is 873 g/mol. The second-order valence-corrected chi connectivity index (χ2v) is 15.4. The van der Waals surface area contributed by atoms with E-state index in [-0.39, 0.29) is 71.2 Å². The number of aliphatic hydroxyl groups is 1. The van der Waals surface area contributed by atoms with Crippen LogP contribution < -0.4 is 60.6 Å². The molecular weight excluding hydrogens is 811 g/mol. The molecule has 0 heterocycles. The number of hydrogen-bond donors (Lipinski definition) is 12. The van der Waals surface area contributed by atoms with Gasteiger partial charge in [-0.2, -0.15) is 0 Å². The van der Waals surface area contributed by atoms with Crippen LogP contribution in [0.5, 0.6) is 0 Å². The number of hydrogen-bond acceptors (Lipinski definition) is 13. The van der Waals surface area contributed by atoms with Gasteiger partial charge in [-0.25, -0.2) is 0 Å². The topological polar surface area (TPSA) is 342 Å². The molecule has 63 heavy (non-hydrogen) atoms. The van der Waals surface area contributed by atoms with Crippen LogP contribution >= 0.6 is 0 Å². The zero-order valence-corrected chi connectivity index (χ0v) is 35.6. The van der Waals surface area contributed by atoms with Gasteiger partial charge in [-0.15, -0.1) is 0 Å². The molecule has 0 aromatic heterocycles. The third kappa shape index (κ3) is 17.3. The Morgan fingerprint density at radius 1 is 0.651 bits per heavy atom. The fourth-order valence-electron chi connectivity index (χ4n) is 6.57. The van der Waals surface area contributed by atoms with Crippen molar-refractivity contribution in [3.05, 3.63) is 96.1 Å². The average Bonchev–Trinajstić information content (AvgIpc) is 3.26. The molecule has 0 unspecified atom stereocenters. The molecule has 0 fully saturated rings. The fourth-order valence-corrected chi connectivity index (χ4v) is 6.57. The number of primary amides is 1. The van der Waals surface area contributed by atoms with Gasteiger partial charge in [0.1, 0.15) is 30.5 Å². The standard InChI is InChI=1S/C44H63N11O8/c1-28(57)38(55-40(60)33(16-20-45)51-26-44(49,27-56)19-22-47)43(63)50-23-18-35(52-37(58)25-30-12-14-32(15-13-30)31-10-6-3-7-11-31)42(62)53-34(17-21-46)41(61)54-36(39(48)59)24-29-8-4-2-5-9-29/h2-15,27-28,33-36,38,51,57H,16-26,45-47,49H2,1H3,(H2,48,59)(H,50,63)(H,52,58)(H,53,62)(H,54,61)(H,55,60)/t28-,33+,34+,35+,36-,38+,44+/m1/s1. The summed E-state index contributed by atoms with van der Waals surface area (Å²) in [7, 11) is 0. The summed E-state index contributed by atoms with van der Waals surface area (Å²) in [4.78, 5) is 91.6. The molecule has 19 heteroatoms. The summed E-state index contributed by atoms with van der Waals surface area (Å²) >= 11 is 0. The molecule has 6 amide bonds. The zero-order valence-electron chi connectivity index (χ0n) is 35.6. The number of carbonyl (C=O) groups excluding carboxylic acids is 7. The van der Waals surface area contributed by atoms with E-state index in [4.69, 9.17) is 28.7 Å². The summed E-state index contributed by atoms with van der Waals surface area (Å²) in [6.07, 6.45) is -0.862. The molecule has 0 aliphatic heterocycles. The van der Waals surface area contributed by atoms with Gasteiger partial charge in [-0.05, 0) is 74.5 Å². The van der Waals surface area contributed by atoms with Gasteiger partial charge < -0.3 is 70.5 Å². The van der Waals surface area contributed by atoms with Crippen LogP contribution in [0.2, 0.25) is 0 Å². The number of nitrogens with one attached hydrogen (secondary N) is 6. The molecule has 0 aliphatic rings. The van der Waals surface area contributed by atoms with Crippen molar-refractivity contribution in [2.24, 2.45) is 28.7 Å². The summed E-state index contributed by atoms with van der Waals surface area (Å²) in [5, 5.41) is 26.4. The normalized spacial score (nSPS) is 14.9. The maximum Gasteiger partial charge on any atom is 0.245 e. The molecule has 3 aromatic rings. The van der Waals surface area contributed by atoms with Crippen LogP contribution in [0.1, 0.15) is 43.7 Å². The van der Waals surface area contributed by atoms with Crippen molar-refractivity contribution in [2.75, 3.05) is 32.7 Å². The third-order valence-electron chi connectivity index (χ3n) is 10.2. The van der Waals surface area contributed by atoms with E-state index in [0.29, 0.717) is 11.8 Å². The van der Waals surface area contributed by atoms with Crippen molar-refractivity contribution >= 4 is 41.7 Å². The lowest BCUT2D eigenvalue weighted by molar-refractivity contribution is -0.133. The number of rotatable bonds is 28. The largest absolute Gasteiger partial charge is 0.391 e. The van der Waals surface area contributed by atoms with Gasteiger partial charge in [-0.1, -0.05) is 84.9 Å². The Balaban J connectivity index is 1.77. The smallest absolute Gasteiger partial charge is 0.245 e. The van der Waals surface area contributed by atoms with Crippen molar-refractivity contribution in [3.63, 3.8) is 0 Å². The second kappa shape index (κ2) is 26.4. The molecule has 3 rings (SSSR count). The Hall–Kier alpha value is -6.09. The van der Waals surface area contributed by atoms with Crippen LogP contribution in [-0.2, 0) is 46.4 Å². The van der Waals surface area contributed by atoms with Gasteiger partial charge in [0.25, 0.3) is 0 Å². The maximum absolute atomic E-state index is 13.9. The predicted octanol–water partition coefficient (Wildman–Crippen LogP) is -2.65. The van der Waals surface area contributed by atoms with Crippen molar-refractivity contribution in [1.29, 1.82) is 0 Å². The minimum Gasteiger partial charge on any atom is -0.391 e. The van der Waals surface area contributed by atoms with Gasteiger partial charge in [0.2, 0.25) is 35.4 Å². The highest BCUT2D eigenvalue weighted by atomic mass is 16.3. The van der Waals surface area contributed by atoms with E-state index in [1.165, 1.54) is 6.92 Å². The molecule has 17 N–H and O–H groups in total. The first-order valence-electron chi connectivity index (χ1n) is 20.9. The minimum absolute atomic E-state index is 0.0314. The Morgan fingerprint density at radius 3 is 1.75 bits per heavy atom.